The minimum atomic E-state index is -4.13. The number of aryl methyl sites for hydroxylation is 1. The van der Waals surface area contributed by atoms with Crippen LogP contribution in [0.25, 0.3) is 0 Å². The number of nitrogens with zero attached hydrogens (tertiary/aromatic N) is 3. The minimum absolute atomic E-state index is 0.00456. The Balaban J connectivity index is 2.02. The predicted molar refractivity (Wildman–Crippen MR) is 124 cm³/mol. The van der Waals surface area contributed by atoms with Crippen LogP contribution in [0.3, 0.4) is 0 Å². The van der Waals surface area contributed by atoms with Crippen molar-refractivity contribution >= 4 is 33.4 Å². The number of benzene rings is 1. The summed E-state index contributed by atoms with van der Waals surface area (Å²) >= 11 is 0. The lowest BCUT2D eigenvalue weighted by Gasteiger charge is -2.36. The van der Waals surface area contributed by atoms with E-state index in [1.54, 1.807) is 11.6 Å². The van der Waals surface area contributed by atoms with E-state index in [1.165, 1.54) is 38.2 Å². The zero-order valence-corrected chi connectivity index (χ0v) is 20.4. The molecule has 0 spiro atoms. The third-order valence-electron chi connectivity index (χ3n) is 5.16. The summed E-state index contributed by atoms with van der Waals surface area (Å²) in [6.45, 7) is 7.79. The summed E-state index contributed by atoms with van der Waals surface area (Å²) in [5.74, 6) is -0.437. The van der Waals surface area contributed by atoms with Crippen LogP contribution in [0.5, 0.6) is 5.75 Å². The molecule has 2 amide bonds. The summed E-state index contributed by atoms with van der Waals surface area (Å²) in [7, 11) is -4.13. The van der Waals surface area contributed by atoms with E-state index in [-0.39, 0.29) is 41.2 Å². The molecule has 1 unspecified atom stereocenters. The maximum Gasteiger partial charge on any atom is 0.409 e. The smallest absolute Gasteiger partial charge is 0.409 e. The lowest BCUT2D eigenvalue weighted by molar-refractivity contribution is -0.136. The van der Waals surface area contributed by atoms with Crippen molar-refractivity contribution in [3.63, 3.8) is 0 Å². The van der Waals surface area contributed by atoms with Gasteiger partial charge < -0.3 is 20.3 Å². The number of hydrogen-bond acceptors (Lipinski definition) is 7. The first-order valence-corrected chi connectivity index (χ1v) is 12.0. The lowest BCUT2D eigenvalue weighted by atomic mass is 10.1. The summed E-state index contributed by atoms with van der Waals surface area (Å²) in [5.41, 5.74) is -0.988. The number of nitrogens with one attached hydrogen (secondary N) is 2. The zero-order chi connectivity index (χ0) is 25.4. The van der Waals surface area contributed by atoms with Crippen LogP contribution >= 0.6 is 0 Å². The van der Waals surface area contributed by atoms with Gasteiger partial charge in [-0.15, -0.1) is 0 Å². The number of carbonyl (C=O) groups is 2. The van der Waals surface area contributed by atoms with Crippen molar-refractivity contribution in [2.24, 2.45) is 0 Å². The minimum Gasteiger partial charge on any atom is -0.484 e. The van der Waals surface area contributed by atoms with Gasteiger partial charge in [-0.2, -0.15) is 5.10 Å². The average Bonchev–Trinajstić information content (AvgIpc) is 3.13. The van der Waals surface area contributed by atoms with Gasteiger partial charge in [0.1, 0.15) is 22.4 Å². The number of anilines is 2. The first kappa shape index (κ1) is 25.3. The van der Waals surface area contributed by atoms with Crippen molar-refractivity contribution in [3.05, 3.63) is 30.1 Å². The molecule has 1 aromatic heterocycles. The monoisotopic (exact) mass is 495 g/mol. The molecule has 1 aliphatic rings. The van der Waals surface area contributed by atoms with Crippen LogP contribution in [-0.4, -0.2) is 65.2 Å². The van der Waals surface area contributed by atoms with Crippen LogP contribution in [-0.2, 0) is 14.8 Å². The van der Waals surface area contributed by atoms with Crippen molar-refractivity contribution < 1.29 is 33.0 Å². The quantitative estimate of drug-likeness (QED) is 0.451. The van der Waals surface area contributed by atoms with Gasteiger partial charge in [-0.3, -0.25) is 19.1 Å². The van der Waals surface area contributed by atoms with E-state index in [0.29, 0.717) is 5.69 Å². The van der Waals surface area contributed by atoms with Crippen LogP contribution in [0.2, 0.25) is 0 Å². The Kier molecular flexibility index (Phi) is 6.80. The van der Waals surface area contributed by atoms with Crippen LogP contribution < -0.4 is 19.7 Å². The number of ether oxygens (including phenoxy) is 1. The third-order valence-corrected chi connectivity index (χ3v) is 7.04. The Morgan fingerprint density at radius 2 is 2.00 bits per heavy atom. The number of hydrogen-bond donors (Lipinski definition) is 4. The molecule has 0 aliphatic carbocycles. The van der Waals surface area contributed by atoms with Gasteiger partial charge in [-0.25, -0.2) is 13.2 Å². The molecule has 0 radical (unpaired) electrons. The fraction of sp³-hybridized carbons (Fsp3) is 0.476. The first-order valence-electron chi connectivity index (χ1n) is 10.6. The van der Waals surface area contributed by atoms with E-state index in [1.807, 2.05) is 13.8 Å². The van der Waals surface area contributed by atoms with Gasteiger partial charge in [-0.1, -0.05) is 0 Å². The van der Waals surface area contributed by atoms with Crippen LogP contribution in [0.15, 0.2) is 29.3 Å². The largest absolute Gasteiger partial charge is 0.484 e. The number of carboxylic acid groups (broad SMARTS) is 1. The van der Waals surface area contributed by atoms with Gasteiger partial charge in [-0.05, 0) is 52.8 Å². The highest BCUT2D eigenvalue weighted by Crippen LogP contribution is 2.39. The van der Waals surface area contributed by atoms with Crippen molar-refractivity contribution in [1.29, 1.82) is 0 Å². The Morgan fingerprint density at radius 3 is 2.56 bits per heavy atom. The number of carbonyl (C=O) groups excluding carboxylic acids is 1. The number of fused-ring (bicyclic) bond motifs is 1. The highest BCUT2D eigenvalue weighted by atomic mass is 32.2. The average molecular weight is 496 g/mol. The summed E-state index contributed by atoms with van der Waals surface area (Å²) in [4.78, 5) is 23.2. The molecule has 12 nitrogen and oxygen atoms in total. The zero-order valence-electron chi connectivity index (χ0n) is 19.6. The lowest BCUT2D eigenvalue weighted by Crippen LogP contribution is -2.51. The summed E-state index contributed by atoms with van der Waals surface area (Å²) in [6, 6.07) is 4.21. The molecule has 1 atom stereocenters. The molecule has 13 heteroatoms. The summed E-state index contributed by atoms with van der Waals surface area (Å²) < 4.78 is 36.0. The molecule has 2 aromatic rings. The van der Waals surface area contributed by atoms with Crippen molar-refractivity contribution in [2.45, 2.75) is 57.3 Å². The van der Waals surface area contributed by atoms with E-state index in [2.05, 4.69) is 15.7 Å². The molecule has 4 N–H and O–H groups in total. The Hall–Kier alpha value is -3.32. The Labute approximate surface area is 197 Å². The van der Waals surface area contributed by atoms with Crippen molar-refractivity contribution in [1.82, 2.24) is 15.1 Å². The topological polar surface area (TPSA) is 163 Å². The molecule has 3 rings (SSSR count). The molecule has 0 bridgehead atoms. The van der Waals surface area contributed by atoms with E-state index in [9.17, 15) is 23.1 Å². The van der Waals surface area contributed by atoms with Crippen LogP contribution in [0, 0.1) is 6.92 Å². The molecular weight excluding hydrogens is 466 g/mol. The molecule has 1 aromatic carbocycles. The van der Waals surface area contributed by atoms with Gasteiger partial charge in [0.05, 0.1) is 24.5 Å². The van der Waals surface area contributed by atoms with Gasteiger partial charge in [0, 0.05) is 17.9 Å². The van der Waals surface area contributed by atoms with Crippen LogP contribution in [0.1, 0.15) is 39.4 Å². The van der Waals surface area contributed by atoms with Gasteiger partial charge >= 0.3 is 6.09 Å². The highest BCUT2D eigenvalue weighted by molar-refractivity contribution is 7.92. The number of sulfonamides is 1. The molecule has 0 saturated carbocycles. The van der Waals surface area contributed by atoms with Crippen molar-refractivity contribution in [3.8, 4) is 5.75 Å². The molecule has 0 saturated heterocycles. The molecule has 34 heavy (non-hydrogen) atoms. The Bertz CT molecular complexity index is 1200. The number of amides is 2. The van der Waals surface area contributed by atoms with Crippen LogP contribution in [0.4, 0.5) is 16.2 Å². The number of rotatable bonds is 7. The fourth-order valence-electron chi connectivity index (χ4n) is 3.37. The van der Waals surface area contributed by atoms with E-state index < -0.39 is 33.7 Å². The second kappa shape index (κ2) is 9.14. The van der Waals surface area contributed by atoms with Gasteiger partial charge in [0.15, 0.2) is 0 Å². The highest BCUT2D eigenvalue weighted by Gasteiger charge is 2.37. The summed E-state index contributed by atoms with van der Waals surface area (Å²) in [6.07, 6.45) is -0.617. The standard InChI is InChI=1S/C21H29N5O7S/c1-12(2)25-11-18(13(3)24-25)34(31,32)26-10-15(9-22-19(27)21(4,5)30)33-17-7-6-14(8-16(17)26)23-20(28)29/h6-8,11-12,15,23,30H,9-10H2,1-5H3,(H,22,27)(H,28,29). The van der Waals surface area contributed by atoms with Crippen molar-refractivity contribution in [2.75, 3.05) is 22.7 Å². The second-order valence-electron chi connectivity index (χ2n) is 8.81. The van der Waals surface area contributed by atoms with Gasteiger partial charge in [0.2, 0.25) is 0 Å². The first-order chi connectivity index (χ1) is 15.7. The maximum atomic E-state index is 13.7. The van der Waals surface area contributed by atoms with E-state index >= 15 is 0 Å². The number of aromatic nitrogens is 2. The molecule has 1 aliphatic heterocycles. The second-order valence-corrected chi connectivity index (χ2v) is 10.6. The van der Waals surface area contributed by atoms with E-state index in [0.717, 1.165) is 4.31 Å². The summed E-state index contributed by atoms with van der Waals surface area (Å²) in [5, 5.41) is 28.0. The van der Waals surface area contributed by atoms with E-state index in [4.69, 9.17) is 9.84 Å². The Morgan fingerprint density at radius 1 is 1.32 bits per heavy atom. The van der Waals surface area contributed by atoms with Gasteiger partial charge in [0.25, 0.3) is 15.9 Å². The number of aliphatic hydroxyl groups is 1. The maximum absolute atomic E-state index is 13.7. The third kappa shape index (κ3) is 5.25. The molecule has 0 fully saturated rings. The normalized spacial score (nSPS) is 16.1. The predicted octanol–water partition coefficient (Wildman–Crippen LogP) is 1.71. The SMILES string of the molecule is Cc1nn(C(C)C)cc1S(=O)(=O)N1CC(CNC(=O)C(C)(C)O)Oc2ccc(NC(=O)O)cc21. The molecule has 2 heterocycles. The fourth-order valence-corrected chi connectivity index (χ4v) is 5.03. The molecule has 186 valence electrons. The molecular formula is C21H29N5O7S.